The van der Waals surface area contributed by atoms with Crippen LogP contribution in [0.4, 0.5) is 0 Å². The number of rotatable bonds is 7. The van der Waals surface area contributed by atoms with Gasteiger partial charge in [0.2, 0.25) is 5.91 Å². The first kappa shape index (κ1) is 20.6. The number of hydrogen-bond acceptors (Lipinski definition) is 3. The van der Waals surface area contributed by atoms with Gasteiger partial charge in [-0.1, -0.05) is 66.2 Å². The Balaban J connectivity index is 1.38. The van der Waals surface area contributed by atoms with Crippen LogP contribution < -0.4 is 0 Å². The van der Waals surface area contributed by atoms with Crippen LogP contribution in [0.1, 0.15) is 11.1 Å². The average molecular weight is 398 g/mol. The third-order valence-corrected chi connectivity index (χ3v) is 5.27. The molecule has 0 atom stereocenters. The van der Waals surface area contributed by atoms with E-state index in [1.54, 1.807) is 4.90 Å². The largest absolute Gasteiger partial charge is 0.340 e. The third kappa shape index (κ3) is 6.48. The fourth-order valence-electron chi connectivity index (χ4n) is 3.34. The van der Waals surface area contributed by atoms with Gasteiger partial charge < -0.3 is 4.90 Å². The summed E-state index contributed by atoms with van der Waals surface area (Å²) in [7, 11) is 1.86. The molecule has 0 unspecified atom stereocenters. The molecule has 5 heteroatoms. The van der Waals surface area contributed by atoms with Gasteiger partial charge in [-0.3, -0.25) is 14.6 Å². The van der Waals surface area contributed by atoms with E-state index in [0.717, 1.165) is 38.3 Å². The summed E-state index contributed by atoms with van der Waals surface area (Å²) in [4.78, 5) is 19.0. The monoisotopic (exact) mass is 397 g/mol. The van der Waals surface area contributed by atoms with Crippen LogP contribution in [0.3, 0.4) is 0 Å². The number of piperazine rings is 1. The maximum absolute atomic E-state index is 12.5. The highest BCUT2D eigenvalue weighted by atomic mass is 35.5. The molecule has 2 aromatic rings. The molecule has 0 spiro atoms. The van der Waals surface area contributed by atoms with Crippen molar-refractivity contribution in [2.45, 2.75) is 6.54 Å². The molecule has 1 saturated heterocycles. The molecule has 0 bridgehead atoms. The second-order valence-corrected chi connectivity index (χ2v) is 7.71. The van der Waals surface area contributed by atoms with Gasteiger partial charge in [0.25, 0.3) is 0 Å². The van der Waals surface area contributed by atoms with Gasteiger partial charge in [-0.05, 0) is 23.3 Å². The van der Waals surface area contributed by atoms with Crippen molar-refractivity contribution in [1.82, 2.24) is 14.7 Å². The lowest BCUT2D eigenvalue weighted by molar-refractivity contribution is -0.132. The first-order chi connectivity index (χ1) is 13.6. The van der Waals surface area contributed by atoms with E-state index >= 15 is 0 Å². The van der Waals surface area contributed by atoms with E-state index in [2.05, 4.69) is 46.2 Å². The molecule has 1 fully saturated rings. The van der Waals surface area contributed by atoms with Crippen molar-refractivity contribution >= 4 is 23.6 Å². The lowest BCUT2D eigenvalue weighted by Gasteiger charge is -2.34. The van der Waals surface area contributed by atoms with E-state index in [0.29, 0.717) is 18.1 Å². The number of benzene rings is 2. The third-order valence-electron chi connectivity index (χ3n) is 5.03. The van der Waals surface area contributed by atoms with Crippen LogP contribution in [0.5, 0.6) is 0 Å². The quantitative estimate of drug-likeness (QED) is 0.713. The van der Waals surface area contributed by atoms with Gasteiger partial charge in [0, 0.05) is 51.3 Å². The Morgan fingerprint density at radius 2 is 1.75 bits per heavy atom. The van der Waals surface area contributed by atoms with E-state index in [1.807, 2.05) is 37.4 Å². The van der Waals surface area contributed by atoms with Gasteiger partial charge in [-0.25, -0.2) is 0 Å². The minimum Gasteiger partial charge on any atom is -0.340 e. The minimum absolute atomic E-state index is 0.150. The number of hydrogen-bond donors (Lipinski definition) is 0. The first-order valence-electron chi connectivity index (χ1n) is 9.75. The zero-order valence-corrected chi connectivity index (χ0v) is 17.2. The fourth-order valence-corrected chi connectivity index (χ4v) is 3.55. The summed E-state index contributed by atoms with van der Waals surface area (Å²) in [6, 6.07) is 18.0. The second-order valence-electron chi connectivity index (χ2n) is 7.27. The Labute approximate surface area is 173 Å². The molecular formula is C23H28ClN3O. The van der Waals surface area contributed by atoms with Crippen LogP contribution >= 0.6 is 11.6 Å². The molecule has 148 valence electrons. The number of carbonyl (C=O) groups is 1. The van der Waals surface area contributed by atoms with Gasteiger partial charge in [0.05, 0.1) is 6.54 Å². The normalized spacial score (nSPS) is 15.8. The topological polar surface area (TPSA) is 26.8 Å². The molecule has 2 aromatic carbocycles. The van der Waals surface area contributed by atoms with Crippen LogP contribution in [-0.4, -0.2) is 66.9 Å². The van der Waals surface area contributed by atoms with E-state index in [9.17, 15) is 4.79 Å². The van der Waals surface area contributed by atoms with Crippen molar-refractivity contribution in [2.24, 2.45) is 0 Å². The molecule has 0 N–H and O–H groups in total. The summed E-state index contributed by atoms with van der Waals surface area (Å²) in [5.41, 5.74) is 2.29. The van der Waals surface area contributed by atoms with Crippen LogP contribution in [-0.2, 0) is 11.3 Å². The summed E-state index contributed by atoms with van der Waals surface area (Å²) in [5, 5.41) is 0.704. The van der Waals surface area contributed by atoms with Gasteiger partial charge in [-0.15, -0.1) is 0 Å². The molecule has 0 aromatic heterocycles. The Morgan fingerprint density at radius 3 is 2.46 bits per heavy atom. The average Bonchev–Trinajstić information content (AvgIpc) is 2.70. The molecular weight excluding hydrogens is 370 g/mol. The Bertz CT molecular complexity index is 785. The van der Waals surface area contributed by atoms with Gasteiger partial charge in [0.1, 0.15) is 0 Å². The second kappa shape index (κ2) is 10.4. The molecule has 1 heterocycles. The van der Waals surface area contributed by atoms with E-state index in [4.69, 9.17) is 11.6 Å². The molecule has 3 rings (SSSR count). The van der Waals surface area contributed by atoms with E-state index < -0.39 is 0 Å². The number of amides is 1. The fraction of sp³-hybridized carbons (Fsp3) is 0.348. The maximum atomic E-state index is 12.5. The van der Waals surface area contributed by atoms with Gasteiger partial charge >= 0.3 is 0 Å². The van der Waals surface area contributed by atoms with Crippen molar-refractivity contribution in [3.63, 3.8) is 0 Å². The first-order valence-corrected chi connectivity index (χ1v) is 10.1. The van der Waals surface area contributed by atoms with E-state index in [1.165, 1.54) is 5.56 Å². The zero-order chi connectivity index (χ0) is 19.8. The number of halogens is 1. The van der Waals surface area contributed by atoms with Crippen molar-refractivity contribution < 1.29 is 4.79 Å². The lowest BCUT2D eigenvalue weighted by Crippen LogP contribution is -2.49. The Hall–Kier alpha value is -2.14. The van der Waals surface area contributed by atoms with Crippen molar-refractivity contribution in [1.29, 1.82) is 0 Å². The number of nitrogens with zero attached hydrogens (tertiary/aromatic N) is 3. The van der Waals surface area contributed by atoms with Crippen LogP contribution in [0, 0.1) is 0 Å². The molecule has 0 radical (unpaired) electrons. The predicted molar refractivity (Wildman–Crippen MR) is 116 cm³/mol. The van der Waals surface area contributed by atoms with Crippen LogP contribution in [0.15, 0.2) is 60.7 Å². The highest BCUT2D eigenvalue weighted by Crippen LogP contribution is 2.12. The summed E-state index contributed by atoms with van der Waals surface area (Å²) < 4.78 is 0. The maximum Gasteiger partial charge on any atom is 0.236 e. The van der Waals surface area contributed by atoms with Gasteiger partial charge in [0.15, 0.2) is 0 Å². The highest BCUT2D eigenvalue weighted by Gasteiger charge is 2.20. The molecule has 28 heavy (non-hydrogen) atoms. The summed E-state index contributed by atoms with van der Waals surface area (Å²) in [6.45, 7) is 5.85. The molecule has 1 amide bonds. The number of likely N-dealkylation sites (N-methyl/N-ethyl adjacent to an activating group) is 1. The molecule has 0 aliphatic carbocycles. The summed E-state index contributed by atoms with van der Waals surface area (Å²) in [6.07, 6.45) is 4.38. The Morgan fingerprint density at radius 1 is 1.04 bits per heavy atom. The Kier molecular flexibility index (Phi) is 7.66. The van der Waals surface area contributed by atoms with Crippen LogP contribution in [0.25, 0.3) is 6.08 Å². The lowest BCUT2D eigenvalue weighted by atomic mass is 10.2. The zero-order valence-electron chi connectivity index (χ0n) is 16.4. The molecule has 1 aliphatic rings. The van der Waals surface area contributed by atoms with E-state index in [-0.39, 0.29) is 5.91 Å². The van der Waals surface area contributed by atoms with Crippen molar-refractivity contribution in [2.75, 3.05) is 46.3 Å². The standard InChI is InChI=1S/C23H28ClN3O/c1-25(18-21-9-5-11-22(24)17-21)23(28)19-27-15-13-26(14-16-27)12-6-10-20-7-3-2-4-8-20/h2-11,17H,12-16,18-19H2,1H3/b10-6+. The highest BCUT2D eigenvalue weighted by molar-refractivity contribution is 6.30. The van der Waals surface area contributed by atoms with Crippen LogP contribution in [0.2, 0.25) is 5.02 Å². The SMILES string of the molecule is CN(Cc1cccc(Cl)c1)C(=O)CN1CCN(C/C=C/c2ccccc2)CC1. The molecule has 0 saturated carbocycles. The van der Waals surface area contributed by atoms with Crippen molar-refractivity contribution in [3.05, 3.63) is 76.8 Å². The molecule has 1 aliphatic heterocycles. The molecule has 4 nitrogen and oxygen atoms in total. The van der Waals surface area contributed by atoms with Gasteiger partial charge in [-0.2, -0.15) is 0 Å². The number of carbonyl (C=O) groups excluding carboxylic acids is 1. The summed E-state index contributed by atoms with van der Waals surface area (Å²) >= 11 is 6.03. The smallest absolute Gasteiger partial charge is 0.236 e. The summed E-state index contributed by atoms with van der Waals surface area (Å²) in [5.74, 6) is 0.150. The minimum atomic E-state index is 0.150. The predicted octanol–water partition coefficient (Wildman–Crippen LogP) is 3.63. The van der Waals surface area contributed by atoms with Crippen molar-refractivity contribution in [3.8, 4) is 0 Å².